The van der Waals surface area contributed by atoms with E-state index in [1.807, 2.05) is 30.6 Å². The number of imidazole rings is 1. The molecule has 0 spiro atoms. The van der Waals surface area contributed by atoms with Crippen molar-refractivity contribution >= 4 is 0 Å². The predicted molar refractivity (Wildman–Crippen MR) is 92.0 cm³/mol. The van der Waals surface area contributed by atoms with Crippen LogP contribution in [0.3, 0.4) is 0 Å². The number of fused-ring (bicyclic) bond motifs is 1. The highest BCUT2D eigenvalue weighted by atomic mass is 15.2. The van der Waals surface area contributed by atoms with Gasteiger partial charge in [0.2, 0.25) is 0 Å². The predicted octanol–water partition coefficient (Wildman–Crippen LogP) is 3.60. The van der Waals surface area contributed by atoms with Crippen molar-refractivity contribution in [2.45, 2.75) is 51.1 Å². The molecule has 4 rings (SSSR count). The number of pyridine rings is 1. The zero-order chi connectivity index (χ0) is 15.5. The lowest BCUT2D eigenvalue weighted by Gasteiger charge is -2.44. The van der Waals surface area contributed by atoms with Crippen LogP contribution in [-0.4, -0.2) is 38.6 Å². The Bertz CT molecular complexity index is 619. The van der Waals surface area contributed by atoms with Crippen LogP contribution >= 0.6 is 0 Å². The lowest BCUT2D eigenvalue weighted by Crippen LogP contribution is -2.48. The van der Waals surface area contributed by atoms with E-state index < -0.39 is 0 Å². The zero-order valence-electron chi connectivity index (χ0n) is 13.8. The zero-order valence-corrected chi connectivity index (χ0v) is 13.8. The summed E-state index contributed by atoms with van der Waals surface area (Å²) in [5.41, 5.74) is 0.973. The number of hydrogen-bond donors (Lipinski definition) is 0. The Morgan fingerprint density at radius 1 is 1.00 bits per heavy atom. The van der Waals surface area contributed by atoms with E-state index in [2.05, 4.69) is 25.6 Å². The summed E-state index contributed by atoms with van der Waals surface area (Å²) in [6.07, 6.45) is 14.1. The minimum Gasteiger partial charge on any atom is -0.330 e. The maximum Gasteiger partial charge on any atom is 0.158 e. The van der Waals surface area contributed by atoms with E-state index in [9.17, 15) is 0 Å². The topological polar surface area (TPSA) is 34.0 Å². The van der Waals surface area contributed by atoms with Gasteiger partial charge >= 0.3 is 0 Å². The number of aromatic nitrogens is 3. The molecule has 0 saturated carbocycles. The van der Waals surface area contributed by atoms with Gasteiger partial charge in [-0.2, -0.15) is 0 Å². The first-order valence-electron chi connectivity index (χ1n) is 9.08. The van der Waals surface area contributed by atoms with Gasteiger partial charge in [0.15, 0.2) is 5.82 Å². The van der Waals surface area contributed by atoms with Gasteiger partial charge in [0.05, 0.1) is 0 Å². The third kappa shape index (κ3) is 3.18. The molecular weight excluding hydrogens is 284 g/mol. The molecule has 0 unspecified atom stereocenters. The molecule has 0 N–H and O–H groups in total. The largest absolute Gasteiger partial charge is 0.330 e. The Morgan fingerprint density at radius 3 is 2.87 bits per heavy atom. The summed E-state index contributed by atoms with van der Waals surface area (Å²) in [5.74, 6) is 1.85. The average molecular weight is 310 g/mol. The van der Waals surface area contributed by atoms with Gasteiger partial charge in [0, 0.05) is 31.2 Å². The number of piperidine rings is 2. The van der Waals surface area contributed by atoms with Crippen LogP contribution in [0.1, 0.15) is 38.5 Å². The molecule has 2 aliphatic rings. The molecule has 2 fully saturated rings. The number of nitrogens with zero attached hydrogens (tertiary/aromatic N) is 4. The Balaban J connectivity index is 1.44. The molecule has 4 heterocycles. The van der Waals surface area contributed by atoms with Gasteiger partial charge < -0.3 is 9.47 Å². The molecule has 0 radical (unpaired) electrons. The number of rotatable bonds is 4. The molecule has 2 aromatic rings. The third-order valence-corrected chi connectivity index (χ3v) is 5.58. The van der Waals surface area contributed by atoms with E-state index in [1.165, 1.54) is 51.6 Å². The van der Waals surface area contributed by atoms with Crippen LogP contribution in [0.5, 0.6) is 0 Å². The fourth-order valence-electron chi connectivity index (χ4n) is 4.44. The summed E-state index contributed by atoms with van der Waals surface area (Å²) in [4.78, 5) is 11.7. The molecule has 2 saturated heterocycles. The molecule has 23 heavy (non-hydrogen) atoms. The van der Waals surface area contributed by atoms with Gasteiger partial charge in [-0.25, -0.2) is 4.98 Å². The van der Waals surface area contributed by atoms with Crippen molar-refractivity contribution in [3.8, 4) is 11.5 Å². The van der Waals surface area contributed by atoms with Crippen molar-refractivity contribution in [1.82, 2.24) is 19.4 Å². The Labute approximate surface area is 138 Å². The molecule has 0 bridgehead atoms. The quantitative estimate of drug-likeness (QED) is 0.865. The van der Waals surface area contributed by atoms with Gasteiger partial charge in [0.1, 0.15) is 5.69 Å². The molecule has 0 amide bonds. The molecule has 2 atom stereocenters. The first-order chi connectivity index (χ1) is 11.4. The van der Waals surface area contributed by atoms with Crippen molar-refractivity contribution in [3.05, 3.63) is 36.8 Å². The summed E-state index contributed by atoms with van der Waals surface area (Å²) in [5, 5.41) is 0. The van der Waals surface area contributed by atoms with Gasteiger partial charge in [-0.3, -0.25) is 4.98 Å². The van der Waals surface area contributed by atoms with E-state index >= 15 is 0 Å². The number of aryl methyl sites for hydroxylation is 1. The lowest BCUT2D eigenvalue weighted by atomic mass is 9.81. The van der Waals surface area contributed by atoms with Gasteiger partial charge in [0.25, 0.3) is 0 Å². The molecule has 0 aliphatic carbocycles. The van der Waals surface area contributed by atoms with E-state index in [4.69, 9.17) is 0 Å². The smallest absolute Gasteiger partial charge is 0.158 e. The summed E-state index contributed by atoms with van der Waals surface area (Å²) in [7, 11) is 0. The fourth-order valence-corrected chi connectivity index (χ4v) is 4.44. The monoisotopic (exact) mass is 310 g/mol. The van der Waals surface area contributed by atoms with Crippen LogP contribution in [0.2, 0.25) is 0 Å². The molecule has 2 aliphatic heterocycles. The van der Waals surface area contributed by atoms with Gasteiger partial charge in [-0.1, -0.05) is 12.5 Å². The fraction of sp³-hybridized carbons (Fsp3) is 0.579. The van der Waals surface area contributed by atoms with Gasteiger partial charge in [-0.05, 0) is 63.2 Å². The molecule has 0 aromatic carbocycles. The normalized spacial score (nSPS) is 25.2. The highest BCUT2D eigenvalue weighted by Crippen LogP contribution is 2.33. The summed E-state index contributed by atoms with van der Waals surface area (Å²) in [6, 6.07) is 6.86. The molecule has 4 heteroatoms. The Kier molecular flexibility index (Phi) is 4.42. The van der Waals surface area contributed by atoms with Crippen molar-refractivity contribution in [2.75, 3.05) is 13.1 Å². The standard InChI is InChI=1S/C19H26N4/c1-3-10-20-17(7-1)19-21-11-15-23(19)14-9-16-6-5-13-22-12-4-2-8-18(16)22/h1,3,7,10-11,15-16,18H,2,4-6,8-9,12-14H2/t16-,18+/m0/s1. The van der Waals surface area contributed by atoms with E-state index in [-0.39, 0.29) is 0 Å². The lowest BCUT2D eigenvalue weighted by molar-refractivity contribution is 0.0539. The first-order valence-corrected chi connectivity index (χ1v) is 9.08. The molecular formula is C19H26N4. The molecule has 4 nitrogen and oxygen atoms in total. The van der Waals surface area contributed by atoms with Crippen molar-refractivity contribution in [2.24, 2.45) is 5.92 Å². The second kappa shape index (κ2) is 6.83. The van der Waals surface area contributed by atoms with Crippen molar-refractivity contribution in [1.29, 1.82) is 0 Å². The summed E-state index contributed by atoms with van der Waals surface area (Å²) >= 11 is 0. The number of hydrogen-bond acceptors (Lipinski definition) is 3. The first kappa shape index (κ1) is 14.9. The Hall–Kier alpha value is -1.68. The van der Waals surface area contributed by atoms with Crippen LogP contribution in [0.4, 0.5) is 0 Å². The molecule has 122 valence electrons. The summed E-state index contributed by atoms with van der Waals surface area (Å²) < 4.78 is 2.28. The van der Waals surface area contributed by atoms with Crippen LogP contribution in [0.15, 0.2) is 36.8 Å². The van der Waals surface area contributed by atoms with Gasteiger partial charge in [-0.15, -0.1) is 0 Å². The van der Waals surface area contributed by atoms with E-state index in [0.717, 1.165) is 30.0 Å². The highest BCUT2D eigenvalue weighted by molar-refractivity contribution is 5.48. The maximum absolute atomic E-state index is 4.52. The van der Waals surface area contributed by atoms with Crippen LogP contribution in [0, 0.1) is 5.92 Å². The molecule has 2 aromatic heterocycles. The maximum atomic E-state index is 4.52. The van der Waals surface area contributed by atoms with Crippen molar-refractivity contribution in [3.63, 3.8) is 0 Å². The highest BCUT2D eigenvalue weighted by Gasteiger charge is 2.32. The Morgan fingerprint density at radius 2 is 1.96 bits per heavy atom. The summed E-state index contributed by atoms with van der Waals surface area (Å²) in [6.45, 7) is 3.71. The average Bonchev–Trinajstić information content (AvgIpc) is 3.09. The third-order valence-electron chi connectivity index (χ3n) is 5.58. The van der Waals surface area contributed by atoms with Crippen molar-refractivity contribution < 1.29 is 0 Å². The second-order valence-electron chi connectivity index (χ2n) is 6.95. The van der Waals surface area contributed by atoms with Crippen LogP contribution in [-0.2, 0) is 6.54 Å². The van der Waals surface area contributed by atoms with Crippen LogP contribution in [0.25, 0.3) is 11.5 Å². The van der Waals surface area contributed by atoms with E-state index in [1.54, 1.807) is 0 Å². The van der Waals surface area contributed by atoms with E-state index in [0.29, 0.717) is 0 Å². The SMILES string of the molecule is c1ccc(-c2nccn2CC[C@@H]2CCCN3CCCC[C@H]23)nc1. The second-order valence-corrected chi connectivity index (χ2v) is 6.95. The van der Waals surface area contributed by atoms with Crippen LogP contribution < -0.4 is 0 Å². The minimum absolute atomic E-state index is 0.833. The minimum atomic E-state index is 0.833.